The lowest BCUT2D eigenvalue weighted by Gasteiger charge is -2.39. The molecule has 10 heteroatoms. The standard InChI is InChI=1S/C28H44N4O5S/c1-18(2)14-20(30-24(34)23(27(3,4)5)31-26(36)37-28(6,7)8)17-38-22-15-21(33)32(22)25(35)29-16-19-12-10-9-11-13-19/h9-13,18,20,22-23H,14-17H2,1-8H3,(H,29,35)(H,30,34)(H,31,36)/t20-,22-,23+/m0/s1. The van der Waals surface area contributed by atoms with Crippen LogP contribution in [0.4, 0.5) is 9.59 Å². The molecule has 0 saturated carbocycles. The van der Waals surface area contributed by atoms with Crippen molar-refractivity contribution >= 4 is 35.7 Å². The summed E-state index contributed by atoms with van der Waals surface area (Å²) in [7, 11) is 0. The number of rotatable bonds is 10. The molecule has 5 amide bonds. The molecule has 1 fully saturated rings. The number of benzene rings is 1. The van der Waals surface area contributed by atoms with Gasteiger partial charge in [-0.05, 0) is 44.1 Å². The average Bonchev–Trinajstić information content (AvgIpc) is 2.76. The van der Waals surface area contributed by atoms with Crippen molar-refractivity contribution in [3.63, 3.8) is 0 Å². The first kappa shape index (κ1) is 31.5. The molecular formula is C28H44N4O5S. The van der Waals surface area contributed by atoms with Gasteiger partial charge in [-0.3, -0.25) is 14.5 Å². The van der Waals surface area contributed by atoms with Gasteiger partial charge in [0.1, 0.15) is 11.6 Å². The molecule has 0 bridgehead atoms. The summed E-state index contributed by atoms with van der Waals surface area (Å²) < 4.78 is 5.37. The number of alkyl carbamates (subject to hydrolysis) is 1. The third-order valence-corrected chi connectivity index (χ3v) is 7.15. The van der Waals surface area contributed by atoms with Gasteiger partial charge in [-0.2, -0.15) is 0 Å². The fourth-order valence-corrected chi connectivity index (χ4v) is 5.27. The van der Waals surface area contributed by atoms with Crippen molar-refractivity contribution in [3.05, 3.63) is 35.9 Å². The summed E-state index contributed by atoms with van der Waals surface area (Å²) in [5, 5.41) is 8.34. The highest BCUT2D eigenvalue weighted by Crippen LogP contribution is 2.31. The van der Waals surface area contributed by atoms with Gasteiger partial charge in [0.2, 0.25) is 11.8 Å². The van der Waals surface area contributed by atoms with Gasteiger partial charge in [0, 0.05) is 18.3 Å². The number of hydrogen-bond acceptors (Lipinski definition) is 6. The van der Waals surface area contributed by atoms with Crippen LogP contribution in [0.1, 0.15) is 73.8 Å². The molecule has 3 atom stereocenters. The number of nitrogens with one attached hydrogen (secondary N) is 3. The van der Waals surface area contributed by atoms with E-state index < -0.39 is 29.2 Å². The summed E-state index contributed by atoms with van der Waals surface area (Å²) in [6.45, 7) is 15.4. The molecule has 1 aliphatic rings. The Labute approximate surface area is 231 Å². The van der Waals surface area contributed by atoms with Crippen LogP contribution in [0.15, 0.2) is 30.3 Å². The number of likely N-dealkylation sites (tertiary alicyclic amines) is 1. The first-order valence-electron chi connectivity index (χ1n) is 13.1. The molecule has 1 aliphatic heterocycles. The minimum absolute atomic E-state index is 0.206. The predicted molar refractivity (Wildman–Crippen MR) is 150 cm³/mol. The van der Waals surface area contributed by atoms with Crippen LogP contribution in [-0.2, 0) is 20.9 Å². The van der Waals surface area contributed by atoms with E-state index in [-0.39, 0.29) is 29.7 Å². The van der Waals surface area contributed by atoms with E-state index in [1.165, 1.54) is 16.7 Å². The normalized spacial score (nSPS) is 17.3. The number of thioether (sulfide) groups is 1. The van der Waals surface area contributed by atoms with Crippen LogP contribution < -0.4 is 16.0 Å². The van der Waals surface area contributed by atoms with E-state index in [2.05, 4.69) is 29.8 Å². The lowest BCUT2D eigenvalue weighted by molar-refractivity contribution is -0.137. The summed E-state index contributed by atoms with van der Waals surface area (Å²) in [6, 6.07) is 8.09. The Morgan fingerprint density at radius 1 is 1.05 bits per heavy atom. The summed E-state index contributed by atoms with van der Waals surface area (Å²) in [4.78, 5) is 51.9. The monoisotopic (exact) mass is 548 g/mol. The third-order valence-electron chi connectivity index (χ3n) is 5.79. The highest BCUT2D eigenvalue weighted by molar-refractivity contribution is 8.00. The first-order chi connectivity index (χ1) is 17.6. The smallest absolute Gasteiger partial charge is 0.408 e. The van der Waals surface area contributed by atoms with Crippen molar-refractivity contribution in [2.45, 2.75) is 97.8 Å². The number of hydrogen-bond donors (Lipinski definition) is 3. The molecule has 9 nitrogen and oxygen atoms in total. The first-order valence-corrected chi connectivity index (χ1v) is 14.2. The number of ether oxygens (including phenoxy) is 1. The topological polar surface area (TPSA) is 117 Å². The average molecular weight is 549 g/mol. The van der Waals surface area contributed by atoms with E-state index in [9.17, 15) is 19.2 Å². The van der Waals surface area contributed by atoms with E-state index in [4.69, 9.17) is 4.74 Å². The molecule has 0 radical (unpaired) electrons. The molecule has 1 aromatic rings. The van der Waals surface area contributed by atoms with Gasteiger partial charge in [-0.15, -0.1) is 11.8 Å². The number of nitrogens with zero attached hydrogens (tertiary/aromatic N) is 1. The molecule has 0 aliphatic carbocycles. The summed E-state index contributed by atoms with van der Waals surface area (Å²) >= 11 is 1.48. The molecule has 1 saturated heterocycles. The zero-order valence-electron chi connectivity index (χ0n) is 23.9. The maximum atomic E-state index is 13.3. The predicted octanol–water partition coefficient (Wildman–Crippen LogP) is 4.66. The second kappa shape index (κ2) is 13.4. The van der Waals surface area contributed by atoms with E-state index >= 15 is 0 Å². The molecule has 1 heterocycles. The number of carbonyl (C=O) groups excluding carboxylic acids is 4. The van der Waals surface area contributed by atoms with Crippen LogP contribution >= 0.6 is 11.8 Å². The van der Waals surface area contributed by atoms with Crippen molar-refractivity contribution in [1.82, 2.24) is 20.9 Å². The second-order valence-corrected chi connectivity index (χ2v) is 13.4. The van der Waals surface area contributed by atoms with Crippen LogP contribution in [0, 0.1) is 11.3 Å². The van der Waals surface area contributed by atoms with E-state index in [1.54, 1.807) is 20.8 Å². The molecule has 3 N–H and O–H groups in total. The molecule has 0 spiro atoms. The number of carbonyl (C=O) groups is 4. The molecular weight excluding hydrogens is 504 g/mol. The zero-order valence-corrected chi connectivity index (χ0v) is 24.7. The van der Waals surface area contributed by atoms with Crippen molar-refractivity contribution < 1.29 is 23.9 Å². The Bertz CT molecular complexity index is 972. The van der Waals surface area contributed by atoms with Gasteiger partial charge >= 0.3 is 12.1 Å². The summed E-state index contributed by atoms with van der Waals surface area (Å²) in [5.41, 5.74) is -0.282. The number of amides is 5. The molecule has 38 heavy (non-hydrogen) atoms. The van der Waals surface area contributed by atoms with Gasteiger partial charge in [-0.1, -0.05) is 65.0 Å². The van der Waals surface area contributed by atoms with Crippen LogP contribution in [0.25, 0.3) is 0 Å². The third kappa shape index (κ3) is 10.2. The van der Waals surface area contributed by atoms with Crippen molar-refractivity contribution in [1.29, 1.82) is 0 Å². The lowest BCUT2D eigenvalue weighted by atomic mass is 9.86. The van der Waals surface area contributed by atoms with Gasteiger partial charge < -0.3 is 20.7 Å². The largest absolute Gasteiger partial charge is 0.444 e. The van der Waals surface area contributed by atoms with Crippen molar-refractivity contribution in [3.8, 4) is 0 Å². The maximum Gasteiger partial charge on any atom is 0.408 e. The van der Waals surface area contributed by atoms with E-state index in [1.807, 2.05) is 51.1 Å². The number of urea groups is 1. The Morgan fingerprint density at radius 3 is 2.21 bits per heavy atom. The maximum absolute atomic E-state index is 13.3. The van der Waals surface area contributed by atoms with Crippen molar-refractivity contribution in [2.24, 2.45) is 11.3 Å². The second-order valence-electron chi connectivity index (χ2n) is 12.2. The SMILES string of the molecule is CC(C)C[C@@H](CS[C@H]1CC(=O)N1C(=O)NCc1ccccc1)NC(=O)[C@@H](NC(=O)OC(C)(C)C)C(C)(C)C. The van der Waals surface area contributed by atoms with Gasteiger partial charge in [0.25, 0.3) is 0 Å². The van der Waals surface area contributed by atoms with Gasteiger partial charge in [-0.25, -0.2) is 9.59 Å². The highest BCUT2D eigenvalue weighted by Gasteiger charge is 2.42. The van der Waals surface area contributed by atoms with E-state index in [0.717, 1.165) is 5.56 Å². The molecule has 2 rings (SSSR count). The fourth-order valence-electron chi connectivity index (χ4n) is 3.97. The van der Waals surface area contributed by atoms with Crippen LogP contribution in [-0.4, -0.2) is 57.7 Å². The fraction of sp³-hybridized carbons (Fsp3) is 0.643. The van der Waals surface area contributed by atoms with Crippen LogP contribution in [0.5, 0.6) is 0 Å². The minimum Gasteiger partial charge on any atom is -0.444 e. The van der Waals surface area contributed by atoms with Crippen molar-refractivity contribution in [2.75, 3.05) is 5.75 Å². The Morgan fingerprint density at radius 2 is 1.68 bits per heavy atom. The zero-order chi connectivity index (χ0) is 28.7. The summed E-state index contributed by atoms with van der Waals surface area (Å²) in [6.07, 6.45) is 0.340. The van der Waals surface area contributed by atoms with Gasteiger partial charge in [0.05, 0.1) is 11.8 Å². The Kier molecular flexibility index (Phi) is 11.1. The van der Waals surface area contributed by atoms with Gasteiger partial charge in [0.15, 0.2) is 0 Å². The molecule has 0 aromatic heterocycles. The number of β-lactam (4-membered cyclic amide) rings is 1. The molecule has 1 aromatic carbocycles. The molecule has 0 unspecified atom stereocenters. The molecule has 212 valence electrons. The lowest BCUT2D eigenvalue weighted by Crippen LogP contribution is -2.58. The van der Waals surface area contributed by atoms with E-state index in [0.29, 0.717) is 24.6 Å². The minimum atomic E-state index is -0.803. The van der Waals surface area contributed by atoms with Crippen LogP contribution in [0.3, 0.4) is 0 Å². The summed E-state index contributed by atoms with van der Waals surface area (Å²) in [5.74, 6) is 0.317. The van der Waals surface area contributed by atoms with Crippen LogP contribution in [0.2, 0.25) is 0 Å². The quantitative estimate of drug-likeness (QED) is 0.366. The highest BCUT2D eigenvalue weighted by atomic mass is 32.2. The number of imide groups is 1. The Hall–Kier alpha value is -2.75. The Balaban J connectivity index is 1.99.